The van der Waals surface area contributed by atoms with Crippen LogP contribution in [0.15, 0.2) is 30.6 Å². The quantitative estimate of drug-likeness (QED) is 0.388. The minimum atomic E-state index is -3.92. The van der Waals surface area contributed by atoms with Crippen molar-refractivity contribution >= 4 is 16.0 Å². The molecule has 0 aromatic carbocycles. The second-order valence-electron chi connectivity index (χ2n) is 8.11. The smallest absolute Gasteiger partial charge is 0.239 e. The Bertz CT molecular complexity index is 1220. The molecule has 0 spiro atoms. The zero-order valence-electron chi connectivity index (χ0n) is 20.7. The highest BCUT2D eigenvalue weighted by Gasteiger charge is 2.32. The second kappa shape index (κ2) is 11.5. The predicted molar refractivity (Wildman–Crippen MR) is 132 cm³/mol. The lowest BCUT2D eigenvalue weighted by atomic mass is 10.1. The Morgan fingerprint density at radius 2 is 1.71 bits per heavy atom. The maximum absolute atomic E-state index is 13.4. The van der Waals surface area contributed by atoms with Crippen LogP contribution in [0.3, 0.4) is 0 Å². The molecule has 3 aromatic rings. The van der Waals surface area contributed by atoms with E-state index in [0.29, 0.717) is 23.2 Å². The highest BCUT2D eigenvalue weighted by atomic mass is 32.2. The van der Waals surface area contributed by atoms with Crippen LogP contribution in [0.2, 0.25) is 0 Å². The molecule has 192 valence electrons. The fourth-order valence-electron chi connectivity index (χ4n) is 3.45. The zero-order chi connectivity index (χ0) is 25.6. The van der Waals surface area contributed by atoms with Crippen molar-refractivity contribution in [3.05, 3.63) is 42.0 Å². The van der Waals surface area contributed by atoms with E-state index in [-0.39, 0.29) is 20.6 Å². The highest BCUT2D eigenvalue weighted by molar-refractivity contribution is 7.93. The Morgan fingerprint density at radius 1 is 1.06 bits per heavy atom. The predicted octanol–water partition coefficient (Wildman–Crippen LogP) is 2.46. The molecule has 3 rings (SSSR count). The Hall–Kier alpha value is -3.16. The molecule has 3 aromatic heterocycles. The molecular weight excluding hydrogens is 474 g/mol. The van der Waals surface area contributed by atoms with Gasteiger partial charge in [-0.3, -0.25) is 9.29 Å². The minimum absolute atomic E-state index is 0. The molecule has 0 saturated heterocycles. The van der Waals surface area contributed by atoms with Gasteiger partial charge in [0.1, 0.15) is 11.5 Å². The van der Waals surface area contributed by atoms with E-state index in [0.717, 1.165) is 5.56 Å². The van der Waals surface area contributed by atoms with E-state index in [1.165, 1.54) is 7.11 Å². The molecule has 0 aliphatic carbocycles. The van der Waals surface area contributed by atoms with Crippen LogP contribution in [0.5, 0.6) is 5.88 Å². The van der Waals surface area contributed by atoms with E-state index in [1.807, 2.05) is 6.92 Å². The van der Waals surface area contributed by atoms with Crippen molar-refractivity contribution in [2.45, 2.75) is 38.0 Å². The van der Waals surface area contributed by atoms with Gasteiger partial charge in [0.2, 0.25) is 21.9 Å². The third-order valence-electron chi connectivity index (χ3n) is 5.58. The average Bonchev–Trinajstić information content (AvgIpc) is 3.26. The summed E-state index contributed by atoms with van der Waals surface area (Å²) in [5, 5.41) is 7.52. The first-order valence-corrected chi connectivity index (χ1v) is 12.5. The number of hydrogen-bond donors (Lipinski definition) is 1. The molecular formula is C22H33N7O5S. The van der Waals surface area contributed by atoms with E-state index in [1.54, 1.807) is 63.2 Å². The maximum Gasteiger partial charge on any atom is 0.239 e. The van der Waals surface area contributed by atoms with Gasteiger partial charge in [-0.1, -0.05) is 13.0 Å². The van der Waals surface area contributed by atoms with E-state index in [4.69, 9.17) is 14.2 Å². The standard InChI is InChI=1S/C22H31N7O5S.H2/c1-14-10-23-20(24-11-14)15(2)16(3)35(30,31)28-22-27-26-21(18-8-7-9-19(25-18)34-6)29(22)17(12-32-4)13-33-5;/h7-11,15-17H,12-13H2,1-6H3,(H,27,28);1H/t15-,16-;/m0./s1. The molecule has 3 heterocycles. The summed E-state index contributed by atoms with van der Waals surface area (Å²) in [5.41, 5.74) is 1.35. The normalized spacial score (nSPS) is 13.6. The molecule has 0 fully saturated rings. The number of pyridine rings is 1. The number of ether oxygens (including phenoxy) is 3. The van der Waals surface area contributed by atoms with E-state index in [2.05, 4.69) is 29.9 Å². The van der Waals surface area contributed by atoms with Gasteiger partial charge in [0.05, 0.1) is 31.6 Å². The first kappa shape index (κ1) is 26.4. The van der Waals surface area contributed by atoms with Crippen LogP contribution >= 0.6 is 0 Å². The molecule has 35 heavy (non-hydrogen) atoms. The molecule has 2 atom stereocenters. The zero-order valence-corrected chi connectivity index (χ0v) is 21.5. The maximum atomic E-state index is 13.4. The summed E-state index contributed by atoms with van der Waals surface area (Å²) < 4.78 is 46.9. The number of aryl methyl sites for hydroxylation is 1. The van der Waals surface area contributed by atoms with Crippen LogP contribution in [-0.4, -0.2) is 77.9 Å². The summed E-state index contributed by atoms with van der Waals surface area (Å²) in [5.74, 6) is 0.705. The van der Waals surface area contributed by atoms with Crippen molar-refractivity contribution in [1.29, 1.82) is 0 Å². The molecule has 13 heteroatoms. The number of hydrogen-bond acceptors (Lipinski definition) is 10. The third-order valence-corrected chi connectivity index (χ3v) is 7.43. The van der Waals surface area contributed by atoms with Crippen molar-refractivity contribution < 1.29 is 24.1 Å². The number of anilines is 1. The second-order valence-corrected chi connectivity index (χ2v) is 10.1. The number of sulfonamides is 1. The Labute approximate surface area is 206 Å². The highest BCUT2D eigenvalue weighted by Crippen LogP contribution is 2.28. The lowest BCUT2D eigenvalue weighted by Gasteiger charge is -2.23. The van der Waals surface area contributed by atoms with Crippen LogP contribution in [-0.2, 0) is 19.5 Å². The van der Waals surface area contributed by atoms with Crippen molar-refractivity contribution in [1.82, 2.24) is 29.7 Å². The lowest BCUT2D eigenvalue weighted by molar-refractivity contribution is 0.0908. The molecule has 0 bridgehead atoms. The van der Waals surface area contributed by atoms with Crippen molar-refractivity contribution in [3.8, 4) is 17.4 Å². The fraction of sp³-hybridized carbons (Fsp3) is 0.500. The summed E-state index contributed by atoms with van der Waals surface area (Å²) >= 11 is 0. The van der Waals surface area contributed by atoms with Gasteiger partial charge in [0.15, 0.2) is 5.82 Å². The average molecular weight is 508 g/mol. The fourth-order valence-corrected chi connectivity index (χ4v) is 4.69. The lowest BCUT2D eigenvalue weighted by Crippen LogP contribution is -2.32. The van der Waals surface area contributed by atoms with Crippen LogP contribution in [0, 0.1) is 6.92 Å². The number of rotatable bonds is 12. The summed E-state index contributed by atoms with van der Waals surface area (Å²) in [6.45, 7) is 5.68. The molecule has 0 aliphatic rings. The number of methoxy groups -OCH3 is 3. The van der Waals surface area contributed by atoms with E-state index in [9.17, 15) is 8.42 Å². The molecule has 0 radical (unpaired) electrons. The first-order valence-electron chi connectivity index (χ1n) is 11.0. The van der Waals surface area contributed by atoms with Crippen molar-refractivity contribution in [2.75, 3.05) is 39.3 Å². The largest absolute Gasteiger partial charge is 0.481 e. The molecule has 0 unspecified atom stereocenters. The first-order chi connectivity index (χ1) is 16.7. The third kappa shape index (κ3) is 6.10. The van der Waals surface area contributed by atoms with Gasteiger partial charge in [0, 0.05) is 40.0 Å². The van der Waals surface area contributed by atoms with Crippen molar-refractivity contribution in [2.24, 2.45) is 0 Å². The molecule has 12 nitrogen and oxygen atoms in total. The van der Waals surface area contributed by atoms with E-state index < -0.39 is 27.2 Å². The number of nitrogens with zero attached hydrogens (tertiary/aromatic N) is 6. The molecule has 1 N–H and O–H groups in total. The number of aromatic nitrogens is 6. The Kier molecular flexibility index (Phi) is 8.70. The van der Waals surface area contributed by atoms with Crippen LogP contribution < -0.4 is 9.46 Å². The number of nitrogens with one attached hydrogen (secondary N) is 1. The van der Waals surface area contributed by atoms with Gasteiger partial charge in [-0.25, -0.2) is 23.4 Å². The topological polar surface area (TPSA) is 143 Å². The van der Waals surface area contributed by atoms with Gasteiger partial charge < -0.3 is 14.2 Å². The van der Waals surface area contributed by atoms with Crippen molar-refractivity contribution in [3.63, 3.8) is 0 Å². The monoisotopic (exact) mass is 507 g/mol. The molecule has 0 aliphatic heterocycles. The van der Waals surface area contributed by atoms with Gasteiger partial charge in [-0.05, 0) is 25.5 Å². The Balaban J connectivity index is 0.00000456. The summed E-state index contributed by atoms with van der Waals surface area (Å²) in [6, 6.07) is 4.76. The minimum Gasteiger partial charge on any atom is -0.481 e. The Morgan fingerprint density at radius 3 is 2.31 bits per heavy atom. The van der Waals surface area contributed by atoms with Gasteiger partial charge in [-0.2, -0.15) is 0 Å². The summed E-state index contributed by atoms with van der Waals surface area (Å²) in [7, 11) is 0.685. The van der Waals surface area contributed by atoms with Gasteiger partial charge in [0.25, 0.3) is 0 Å². The van der Waals surface area contributed by atoms with Crippen LogP contribution in [0.1, 0.15) is 38.6 Å². The molecule has 0 saturated carbocycles. The molecule has 0 amide bonds. The summed E-state index contributed by atoms with van der Waals surface area (Å²) in [4.78, 5) is 13.0. The SMILES string of the molecule is COCC(COC)n1c(NS(=O)(=O)[C@@H](C)[C@H](C)c2ncc(C)cn2)nnc1-c1cccc(OC)n1.[HH]. The van der Waals surface area contributed by atoms with Crippen LogP contribution in [0.25, 0.3) is 11.5 Å². The van der Waals surface area contributed by atoms with Gasteiger partial charge in [-0.15, -0.1) is 10.2 Å². The summed E-state index contributed by atoms with van der Waals surface area (Å²) in [6.07, 6.45) is 3.32. The van der Waals surface area contributed by atoms with Gasteiger partial charge >= 0.3 is 0 Å². The van der Waals surface area contributed by atoms with E-state index >= 15 is 0 Å². The van der Waals surface area contributed by atoms with Crippen LogP contribution in [0.4, 0.5) is 5.95 Å².